The summed E-state index contributed by atoms with van der Waals surface area (Å²) in [5.41, 5.74) is 9.32. The molecule has 2 N–H and O–H groups in total. The molecule has 0 unspecified atom stereocenters. The van der Waals surface area contributed by atoms with Crippen molar-refractivity contribution in [1.29, 1.82) is 0 Å². The van der Waals surface area contributed by atoms with E-state index in [-0.39, 0.29) is 0 Å². The summed E-state index contributed by atoms with van der Waals surface area (Å²) in [6, 6.07) is 8.72. The number of nitrogens with zero attached hydrogens (tertiary/aromatic N) is 1. The van der Waals surface area contributed by atoms with Crippen LogP contribution in [0.2, 0.25) is 0 Å². The molecule has 2 rings (SSSR count). The molecule has 90 valence electrons. The summed E-state index contributed by atoms with van der Waals surface area (Å²) in [4.78, 5) is 5.67. The minimum atomic E-state index is 0.506. The maximum Gasteiger partial charge on any atom is 0.0904 e. The minimum absolute atomic E-state index is 0.506. The van der Waals surface area contributed by atoms with Crippen LogP contribution in [0, 0.1) is 6.92 Å². The van der Waals surface area contributed by atoms with Gasteiger partial charge in [-0.2, -0.15) is 0 Å². The van der Waals surface area contributed by atoms with Gasteiger partial charge in [-0.3, -0.25) is 0 Å². The molecule has 17 heavy (non-hydrogen) atoms. The third kappa shape index (κ3) is 2.56. The third-order valence-corrected chi connectivity index (χ3v) is 3.90. The largest absolute Gasteiger partial charge is 0.325 e. The van der Waals surface area contributed by atoms with Crippen LogP contribution in [-0.4, -0.2) is 4.98 Å². The number of hydrogen-bond acceptors (Lipinski definition) is 3. The highest BCUT2D eigenvalue weighted by Gasteiger charge is 2.10. The van der Waals surface area contributed by atoms with E-state index in [2.05, 4.69) is 43.1 Å². The molecule has 0 radical (unpaired) electrons. The average Bonchev–Trinajstić information content (AvgIpc) is 2.70. The Morgan fingerprint density at radius 3 is 2.41 bits per heavy atom. The third-order valence-electron chi connectivity index (χ3n) is 2.84. The fourth-order valence-corrected chi connectivity index (χ4v) is 2.81. The molecule has 0 aliphatic carbocycles. The van der Waals surface area contributed by atoms with E-state index in [1.807, 2.05) is 6.92 Å². The summed E-state index contributed by atoms with van der Waals surface area (Å²) in [6.07, 6.45) is 0. The van der Waals surface area contributed by atoms with Crippen LogP contribution in [-0.2, 0) is 6.54 Å². The van der Waals surface area contributed by atoms with Crippen molar-refractivity contribution in [1.82, 2.24) is 4.98 Å². The smallest absolute Gasteiger partial charge is 0.0904 e. The Bertz CT molecular complexity index is 497. The van der Waals surface area contributed by atoms with Crippen molar-refractivity contribution in [3.63, 3.8) is 0 Å². The molecule has 0 aliphatic heterocycles. The molecule has 0 saturated heterocycles. The van der Waals surface area contributed by atoms with Crippen LogP contribution >= 0.6 is 11.3 Å². The van der Waals surface area contributed by atoms with Gasteiger partial charge in [-0.25, -0.2) is 4.98 Å². The summed E-state index contributed by atoms with van der Waals surface area (Å²) in [6.45, 7) is 6.94. The maximum atomic E-state index is 5.72. The Morgan fingerprint density at radius 2 is 1.88 bits per heavy atom. The highest BCUT2D eigenvalue weighted by Crippen LogP contribution is 2.30. The molecule has 0 bridgehead atoms. The lowest BCUT2D eigenvalue weighted by Gasteiger charge is -2.06. The van der Waals surface area contributed by atoms with E-state index >= 15 is 0 Å². The van der Waals surface area contributed by atoms with E-state index in [0.29, 0.717) is 12.5 Å². The van der Waals surface area contributed by atoms with Gasteiger partial charge in [-0.05, 0) is 24.0 Å². The molecule has 3 heteroatoms. The van der Waals surface area contributed by atoms with Crippen LogP contribution in [0.3, 0.4) is 0 Å². The summed E-state index contributed by atoms with van der Waals surface area (Å²) >= 11 is 1.72. The van der Waals surface area contributed by atoms with Crippen LogP contribution in [0.25, 0.3) is 10.4 Å². The number of aryl methyl sites for hydroxylation is 1. The lowest BCUT2D eigenvalue weighted by atomic mass is 10.0. The minimum Gasteiger partial charge on any atom is -0.325 e. The average molecular weight is 246 g/mol. The van der Waals surface area contributed by atoms with Gasteiger partial charge in [0.05, 0.1) is 15.6 Å². The van der Waals surface area contributed by atoms with Gasteiger partial charge < -0.3 is 5.73 Å². The first-order chi connectivity index (χ1) is 8.11. The first kappa shape index (κ1) is 12.3. The van der Waals surface area contributed by atoms with Gasteiger partial charge in [0, 0.05) is 6.54 Å². The number of aromatic nitrogens is 1. The Morgan fingerprint density at radius 1 is 1.24 bits per heavy atom. The second-order valence-electron chi connectivity index (χ2n) is 4.49. The molecule has 0 fully saturated rings. The zero-order chi connectivity index (χ0) is 12.4. The van der Waals surface area contributed by atoms with Crippen molar-refractivity contribution in [3.8, 4) is 10.4 Å². The molecule has 0 atom stereocenters. The topological polar surface area (TPSA) is 38.9 Å². The van der Waals surface area contributed by atoms with E-state index in [0.717, 1.165) is 10.7 Å². The Balaban J connectivity index is 2.39. The molecule has 2 nitrogen and oxygen atoms in total. The highest BCUT2D eigenvalue weighted by molar-refractivity contribution is 7.15. The quantitative estimate of drug-likeness (QED) is 0.896. The summed E-state index contributed by atoms with van der Waals surface area (Å²) in [5, 5.41) is 1.08. The maximum absolute atomic E-state index is 5.72. The molecular weight excluding hydrogens is 228 g/mol. The number of hydrogen-bond donors (Lipinski definition) is 1. The second kappa shape index (κ2) is 4.98. The van der Waals surface area contributed by atoms with Crippen molar-refractivity contribution in [2.45, 2.75) is 33.2 Å². The van der Waals surface area contributed by atoms with E-state index in [4.69, 9.17) is 5.73 Å². The predicted octanol–water partition coefficient (Wildman–Crippen LogP) is 3.70. The van der Waals surface area contributed by atoms with Crippen molar-refractivity contribution >= 4 is 11.3 Å². The fourth-order valence-electron chi connectivity index (χ4n) is 1.85. The standard InChI is InChI=1S/C14H18N2S/c1-9(2)11-4-6-12(7-5-11)14-13(8-15)16-10(3)17-14/h4-7,9H,8,15H2,1-3H3. The lowest BCUT2D eigenvalue weighted by Crippen LogP contribution is -1.98. The summed E-state index contributed by atoms with van der Waals surface area (Å²) in [5.74, 6) is 0.571. The van der Waals surface area contributed by atoms with Gasteiger partial charge in [0.15, 0.2) is 0 Å². The van der Waals surface area contributed by atoms with E-state index in [1.54, 1.807) is 11.3 Å². The Labute approximate surface area is 107 Å². The number of thiazole rings is 1. The highest BCUT2D eigenvalue weighted by atomic mass is 32.1. The van der Waals surface area contributed by atoms with Gasteiger partial charge in [0.2, 0.25) is 0 Å². The lowest BCUT2D eigenvalue weighted by molar-refractivity contribution is 0.867. The SMILES string of the molecule is Cc1nc(CN)c(-c2ccc(C(C)C)cc2)s1. The molecule has 0 amide bonds. The van der Waals surface area contributed by atoms with Crippen molar-refractivity contribution in [2.75, 3.05) is 0 Å². The monoisotopic (exact) mass is 246 g/mol. The first-order valence-corrected chi connectivity index (χ1v) is 6.70. The van der Waals surface area contributed by atoms with Gasteiger partial charge in [0.1, 0.15) is 0 Å². The van der Waals surface area contributed by atoms with Gasteiger partial charge in [0.25, 0.3) is 0 Å². The summed E-state index contributed by atoms with van der Waals surface area (Å²) < 4.78 is 0. The van der Waals surface area contributed by atoms with Crippen molar-refractivity contribution in [2.24, 2.45) is 5.73 Å². The van der Waals surface area contributed by atoms with Crippen LogP contribution in [0.4, 0.5) is 0 Å². The molecule has 0 aliphatic rings. The number of benzene rings is 1. The molecule has 1 heterocycles. The van der Waals surface area contributed by atoms with Crippen LogP contribution in [0.5, 0.6) is 0 Å². The molecular formula is C14H18N2S. The van der Waals surface area contributed by atoms with Crippen LogP contribution in [0.15, 0.2) is 24.3 Å². The zero-order valence-corrected chi connectivity index (χ0v) is 11.3. The number of nitrogens with two attached hydrogens (primary N) is 1. The summed E-state index contributed by atoms with van der Waals surface area (Å²) in [7, 11) is 0. The van der Waals surface area contributed by atoms with Gasteiger partial charge >= 0.3 is 0 Å². The Hall–Kier alpha value is -1.19. The van der Waals surface area contributed by atoms with E-state index in [1.165, 1.54) is 16.0 Å². The fraction of sp³-hybridized carbons (Fsp3) is 0.357. The van der Waals surface area contributed by atoms with E-state index in [9.17, 15) is 0 Å². The van der Waals surface area contributed by atoms with E-state index < -0.39 is 0 Å². The Kier molecular flexibility index (Phi) is 3.60. The van der Waals surface area contributed by atoms with Gasteiger partial charge in [-0.1, -0.05) is 38.1 Å². The number of rotatable bonds is 3. The van der Waals surface area contributed by atoms with Crippen molar-refractivity contribution in [3.05, 3.63) is 40.5 Å². The molecule has 0 saturated carbocycles. The molecule has 2 aromatic rings. The second-order valence-corrected chi connectivity index (χ2v) is 5.69. The van der Waals surface area contributed by atoms with Crippen LogP contribution in [0.1, 0.15) is 36.0 Å². The molecule has 1 aromatic heterocycles. The molecule has 0 spiro atoms. The predicted molar refractivity (Wildman–Crippen MR) is 74.3 cm³/mol. The van der Waals surface area contributed by atoms with Crippen molar-refractivity contribution < 1.29 is 0 Å². The van der Waals surface area contributed by atoms with Gasteiger partial charge in [-0.15, -0.1) is 11.3 Å². The zero-order valence-electron chi connectivity index (χ0n) is 10.5. The normalized spacial score (nSPS) is 11.1. The first-order valence-electron chi connectivity index (χ1n) is 5.88. The molecule has 1 aromatic carbocycles. The van der Waals surface area contributed by atoms with Crippen LogP contribution < -0.4 is 5.73 Å².